The molecule has 3 aromatic rings. The molecule has 0 saturated carbocycles. The van der Waals surface area contributed by atoms with Gasteiger partial charge in [-0.3, -0.25) is 4.98 Å². The molecule has 1 aromatic heterocycles. The van der Waals surface area contributed by atoms with Gasteiger partial charge in [0.2, 0.25) is 0 Å². The molecule has 6 heteroatoms. The van der Waals surface area contributed by atoms with Gasteiger partial charge in [-0.05, 0) is 73.5 Å². The van der Waals surface area contributed by atoms with Crippen molar-refractivity contribution >= 4 is 17.3 Å². The molecule has 196 valence electrons. The predicted molar refractivity (Wildman–Crippen MR) is 148 cm³/mol. The minimum absolute atomic E-state index is 0.410. The number of unbranched alkanes of at least 4 members (excludes halogenated alkanes) is 9. The van der Waals surface area contributed by atoms with Crippen LogP contribution in [0.15, 0.2) is 77.2 Å². The maximum atomic E-state index is 12.6. The minimum Gasteiger partial charge on any atom is -0.494 e. The summed E-state index contributed by atoms with van der Waals surface area (Å²) in [6, 6.07) is 16.0. The van der Waals surface area contributed by atoms with E-state index >= 15 is 0 Å². The highest BCUT2D eigenvalue weighted by molar-refractivity contribution is 5.91. The van der Waals surface area contributed by atoms with Gasteiger partial charge in [0.25, 0.3) is 0 Å². The lowest BCUT2D eigenvalue weighted by molar-refractivity contribution is 0.0734. The van der Waals surface area contributed by atoms with E-state index in [0.717, 1.165) is 23.4 Å². The Morgan fingerprint density at radius 1 is 0.757 bits per heavy atom. The number of azo groups is 1. The van der Waals surface area contributed by atoms with Crippen LogP contribution in [0.5, 0.6) is 11.5 Å². The molecule has 0 saturated heterocycles. The standard InChI is InChI=1S/C31H39N3O3/c1-3-4-5-6-7-8-9-10-11-12-23-36-28-15-13-26(14-16-28)31(35)37-29-17-18-30(25(2)24-29)34-33-27-19-21-32-22-20-27/h13-22,24H,3-12,23H2,1-2H3. The first-order valence-electron chi connectivity index (χ1n) is 13.5. The van der Waals surface area contributed by atoms with Crippen molar-refractivity contribution in [2.75, 3.05) is 6.61 Å². The van der Waals surface area contributed by atoms with Gasteiger partial charge in [-0.15, -0.1) is 0 Å². The van der Waals surface area contributed by atoms with Crippen molar-refractivity contribution in [3.8, 4) is 11.5 Å². The van der Waals surface area contributed by atoms with Crippen LogP contribution in [0.2, 0.25) is 0 Å². The molecule has 0 radical (unpaired) electrons. The number of nitrogens with zero attached hydrogens (tertiary/aromatic N) is 3. The maximum absolute atomic E-state index is 12.6. The van der Waals surface area contributed by atoms with Crippen molar-refractivity contribution in [1.82, 2.24) is 4.98 Å². The molecule has 0 spiro atoms. The van der Waals surface area contributed by atoms with E-state index in [1.54, 1.807) is 54.9 Å². The van der Waals surface area contributed by atoms with Crippen molar-refractivity contribution in [3.05, 3.63) is 78.1 Å². The minimum atomic E-state index is -0.410. The monoisotopic (exact) mass is 501 g/mol. The topological polar surface area (TPSA) is 73.1 Å². The second kappa shape index (κ2) is 16.3. The zero-order valence-electron chi connectivity index (χ0n) is 22.2. The Balaban J connectivity index is 1.36. The summed E-state index contributed by atoms with van der Waals surface area (Å²) in [5, 5.41) is 8.47. The third kappa shape index (κ3) is 10.5. The summed E-state index contributed by atoms with van der Waals surface area (Å²) in [4.78, 5) is 16.5. The summed E-state index contributed by atoms with van der Waals surface area (Å²) in [6.45, 7) is 4.86. The Morgan fingerprint density at radius 3 is 2.03 bits per heavy atom. The quantitative estimate of drug-likeness (QED) is 0.0848. The Morgan fingerprint density at radius 2 is 1.38 bits per heavy atom. The number of esters is 1. The third-order valence-corrected chi connectivity index (χ3v) is 6.17. The van der Waals surface area contributed by atoms with E-state index in [1.165, 1.54) is 57.8 Å². The maximum Gasteiger partial charge on any atom is 0.343 e. The van der Waals surface area contributed by atoms with Crippen molar-refractivity contribution in [2.45, 2.75) is 78.1 Å². The van der Waals surface area contributed by atoms with E-state index in [2.05, 4.69) is 22.1 Å². The first-order chi connectivity index (χ1) is 18.2. The van der Waals surface area contributed by atoms with Gasteiger partial charge in [0.1, 0.15) is 11.5 Å². The fourth-order valence-corrected chi connectivity index (χ4v) is 3.96. The number of carbonyl (C=O) groups is 1. The van der Waals surface area contributed by atoms with Crippen LogP contribution in [0.3, 0.4) is 0 Å². The molecular weight excluding hydrogens is 462 g/mol. The average molecular weight is 502 g/mol. The number of rotatable bonds is 16. The van der Waals surface area contributed by atoms with Gasteiger partial charge < -0.3 is 9.47 Å². The third-order valence-electron chi connectivity index (χ3n) is 6.17. The highest BCUT2D eigenvalue weighted by Crippen LogP contribution is 2.26. The van der Waals surface area contributed by atoms with E-state index in [-0.39, 0.29) is 0 Å². The van der Waals surface area contributed by atoms with Gasteiger partial charge in [0, 0.05) is 12.4 Å². The average Bonchev–Trinajstić information content (AvgIpc) is 2.92. The van der Waals surface area contributed by atoms with Gasteiger partial charge in [0.15, 0.2) is 0 Å². The summed E-state index contributed by atoms with van der Waals surface area (Å²) >= 11 is 0. The first-order valence-corrected chi connectivity index (χ1v) is 13.5. The first kappa shape index (κ1) is 28.0. The molecule has 3 rings (SSSR count). The van der Waals surface area contributed by atoms with E-state index in [4.69, 9.17) is 9.47 Å². The number of pyridine rings is 1. The van der Waals surface area contributed by atoms with Gasteiger partial charge in [-0.1, -0.05) is 64.7 Å². The highest BCUT2D eigenvalue weighted by Gasteiger charge is 2.10. The molecular formula is C31H39N3O3. The molecule has 0 aliphatic carbocycles. The number of benzene rings is 2. The van der Waals surface area contributed by atoms with Crippen LogP contribution in [0.25, 0.3) is 0 Å². The number of ether oxygens (including phenoxy) is 2. The fraction of sp³-hybridized carbons (Fsp3) is 0.419. The van der Waals surface area contributed by atoms with Gasteiger partial charge in [0.05, 0.1) is 23.5 Å². The Hall–Kier alpha value is -3.54. The lowest BCUT2D eigenvalue weighted by atomic mass is 10.1. The molecule has 0 bridgehead atoms. The smallest absolute Gasteiger partial charge is 0.343 e. The Bertz CT molecular complexity index is 1100. The molecule has 0 aliphatic heterocycles. The molecule has 0 N–H and O–H groups in total. The van der Waals surface area contributed by atoms with Crippen LogP contribution in [0, 0.1) is 6.92 Å². The van der Waals surface area contributed by atoms with Crippen LogP contribution in [0.1, 0.15) is 87.1 Å². The molecule has 0 aliphatic rings. The van der Waals surface area contributed by atoms with Crippen molar-refractivity contribution in [3.63, 3.8) is 0 Å². The number of aromatic nitrogens is 1. The summed E-state index contributed by atoms with van der Waals surface area (Å²) in [5.41, 5.74) is 2.77. The zero-order valence-corrected chi connectivity index (χ0v) is 22.2. The second-order valence-corrected chi connectivity index (χ2v) is 9.30. The molecule has 37 heavy (non-hydrogen) atoms. The Kier molecular flexibility index (Phi) is 12.3. The largest absolute Gasteiger partial charge is 0.494 e. The Labute approximate surface area is 221 Å². The number of aryl methyl sites for hydroxylation is 1. The summed E-state index contributed by atoms with van der Waals surface area (Å²) < 4.78 is 11.4. The zero-order chi connectivity index (χ0) is 26.1. The van der Waals surface area contributed by atoms with Crippen LogP contribution < -0.4 is 9.47 Å². The van der Waals surface area contributed by atoms with Crippen molar-refractivity contribution < 1.29 is 14.3 Å². The van der Waals surface area contributed by atoms with E-state index in [0.29, 0.717) is 23.6 Å². The summed E-state index contributed by atoms with van der Waals surface area (Å²) in [6.07, 6.45) is 16.3. The van der Waals surface area contributed by atoms with Gasteiger partial charge in [-0.2, -0.15) is 10.2 Å². The SMILES string of the molecule is CCCCCCCCCCCCOc1ccc(C(=O)Oc2ccc(N=Nc3ccncc3)c(C)c2)cc1. The van der Waals surface area contributed by atoms with E-state index in [9.17, 15) is 4.79 Å². The molecule has 0 atom stereocenters. The number of hydrogen-bond acceptors (Lipinski definition) is 6. The fourth-order valence-electron chi connectivity index (χ4n) is 3.96. The van der Waals surface area contributed by atoms with E-state index in [1.807, 2.05) is 19.1 Å². The normalized spacial score (nSPS) is 11.1. The predicted octanol–water partition coefficient (Wildman–Crippen LogP) is 9.32. The van der Waals surface area contributed by atoms with E-state index < -0.39 is 5.97 Å². The van der Waals surface area contributed by atoms with Crippen LogP contribution in [0.4, 0.5) is 11.4 Å². The van der Waals surface area contributed by atoms with Gasteiger partial charge >= 0.3 is 5.97 Å². The summed E-state index contributed by atoms with van der Waals surface area (Å²) in [7, 11) is 0. The lowest BCUT2D eigenvalue weighted by Crippen LogP contribution is -2.08. The van der Waals surface area contributed by atoms with Crippen LogP contribution >= 0.6 is 0 Å². The molecule has 0 fully saturated rings. The molecule has 1 heterocycles. The second-order valence-electron chi connectivity index (χ2n) is 9.30. The van der Waals surface area contributed by atoms with Crippen LogP contribution in [-0.4, -0.2) is 17.6 Å². The van der Waals surface area contributed by atoms with Gasteiger partial charge in [-0.25, -0.2) is 4.79 Å². The molecule has 0 amide bonds. The lowest BCUT2D eigenvalue weighted by Gasteiger charge is -2.08. The van der Waals surface area contributed by atoms with Crippen molar-refractivity contribution in [2.24, 2.45) is 10.2 Å². The molecule has 2 aromatic carbocycles. The molecule has 0 unspecified atom stereocenters. The highest BCUT2D eigenvalue weighted by atomic mass is 16.5. The van der Waals surface area contributed by atoms with Crippen molar-refractivity contribution in [1.29, 1.82) is 0 Å². The summed E-state index contributed by atoms with van der Waals surface area (Å²) in [5.74, 6) is 0.825. The molecule has 6 nitrogen and oxygen atoms in total. The van der Waals surface area contributed by atoms with Crippen LogP contribution in [-0.2, 0) is 0 Å². The number of hydrogen-bond donors (Lipinski definition) is 0. The number of carbonyl (C=O) groups excluding carboxylic acids is 1.